The average Bonchev–Trinajstić information content (AvgIpc) is 3.35. The van der Waals surface area contributed by atoms with E-state index in [4.69, 9.17) is 9.47 Å². The van der Waals surface area contributed by atoms with Gasteiger partial charge in [0.15, 0.2) is 11.5 Å². The van der Waals surface area contributed by atoms with Crippen molar-refractivity contribution in [2.75, 3.05) is 12.0 Å². The first-order valence-corrected chi connectivity index (χ1v) is 11.9. The van der Waals surface area contributed by atoms with E-state index in [1.54, 1.807) is 18.3 Å². The summed E-state index contributed by atoms with van der Waals surface area (Å²) in [5, 5.41) is 13.6. The van der Waals surface area contributed by atoms with Crippen LogP contribution in [0.2, 0.25) is 0 Å². The Bertz CT molecular complexity index is 1280. The van der Waals surface area contributed by atoms with Gasteiger partial charge in [-0.15, -0.1) is 0 Å². The number of hydrogen-bond donors (Lipinski definition) is 2. The van der Waals surface area contributed by atoms with E-state index in [9.17, 15) is 10.1 Å². The third kappa shape index (κ3) is 5.46. The van der Waals surface area contributed by atoms with Crippen LogP contribution in [0.1, 0.15) is 43.7 Å². The highest BCUT2D eigenvalue weighted by Crippen LogP contribution is 2.36. The number of benzene rings is 2. The number of nitrogens with one attached hydrogen (secondary N) is 2. The Labute approximate surface area is 205 Å². The summed E-state index contributed by atoms with van der Waals surface area (Å²) in [5.41, 5.74) is 3.87. The van der Waals surface area contributed by atoms with Gasteiger partial charge in [-0.2, -0.15) is 10.4 Å². The van der Waals surface area contributed by atoms with Gasteiger partial charge in [-0.3, -0.25) is 9.78 Å². The van der Waals surface area contributed by atoms with Crippen LogP contribution in [0, 0.1) is 11.3 Å². The van der Waals surface area contributed by atoms with Crippen LogP contribution in [0.25, 0.3) is 11.3 Å². The third-order valence-corrected chi connectivity index (χ3v) is 6.10. The van der Waals surface area contributed by atoms with Crippen molar-refractivity contribution in [2.24, 2.45) is 5.10 Å². The molecule has 8 nitrogen and oxygen atoms in total. The molecule has 0 spiro atoms. The van der Waals surface area contributed by atoms with Crippen molar-refractivity contribution in [3.63, 3.8) is 0 Å². The van der Waals surface area contributed by atoms with Crippen LogP contribution in [0.3, 0.4) is 0 Å². The Kier molecular flexibility index (Phi) is 7.60. The number of rotatable bonds is 8. The predicted molar refractivity (Wildman–Crippen MR) is 134 cm³/mol. The van der Waals surface area contributed by atoms with E-state index >= 15 is 0 Å². The second-order valence-electron chi connectivity index (χ2n) is 7.76. The van der Waals surface area contributed by atoms with Gasteiger partial charge in [0.2, 0.25) is 5.95 Å². The molecule has 0 saturated heterocycles. The van der Waals surface area contributed by atoms with Crippen molar-refractivity contribution in [2.45, 2.75) is 38.7 Å². The molecule has 1 heterocycles. The molecule has 1 aromatic heterocycles. The van der Waals surface area contributed by atoms with Crippen molar-refractivity contribution in [1.29, 1.82) is 5.26 Å². The molecule has 1 aliphatic rings. The molecule has 4 rings (SSSR count). The number of aromatic nitrogens is 2. The molecule has 3 aromatic rings. The second kappa shape index (κ2) is 11.0. The lowest BCUT2D eigenvalue weighted by molar-refractivity contribution is 0.196. The Morgan fingerprint density at radius 3 is 2.74 bits per heavy atom. The van der Waals surface area contributed by atoms with Gasteiger partial charge >= 0.3 is 0 Å². The number of hydrazone groups is 1. The summed E-state index contributed by atoms with van der Waals surface area (Å²) < 4.78 is 12.8. The van der Waals surface area contributed by atoms with Gasteiger partial charge < -0.3 is 9.47 Å². The number of H-pyrrole nitrogens is 1. The minimum absolute atomic E-state index is 0.0531. The molecule has 1 saturated carbocycles. The van der Waals surface area contributed by atoms with Crippen LogP contribution in [0.15, 0.2) is 56.8 Å². The fourth-order valence-corrected chi connectivity index (χ4v) is 4.22. The van der Waals surface area contributed by atoms with E-state index in [1.165, 1.54) is 12.8 Å². The number of aromatic amines is 1. The largest absolute Gasteiger partial charge is 0.490 e. The Hall–Kier alpha value is -3.64. The van der Waals surface area contributed by atoms with E-state index < -0.39 is 5.56 Å². The highest BCUT2D eigenvalue weighted by molar-refractivity contribution is 9.10. The average molecular weight is 522 g/mol. The summed E-state index contributed by atoms with van der Waals surface area (Å²) in [7, 11) is 0. The zero-order valence-electron chi connectivity index (χ0n) is 18.7. The van der Waals surface area contributed by atoms with Crippen molar-refractivity contribution >= 4 is 28.1 Å². The normalized spacial score (nSPS) is 13.7. The first-order chi connectivity index (χ1) is 16.6. The molecule has 1 aliphatic carbocycles. The van der Waals surface area contributed by atoms with Gasteiger partial charge in [0.1, 0.15) is 11.6 Å². The molecule has 34 heavy (non-hydrogen) atoms. The number of ether oxygens (including phenoxy) is 2. The highest BCUT2D eigenvalue weighted by atomic mass is 79.9. The van der Waals surface area contributed by atoms with E-state index in [1.807, 2.05) is 43.3 Å². The number of nitrogens with zero attached hydrogens (tertiary/aromatic N) is 3. The van der Waals surface area contributed by atoms with Crippen LogP contribution >= 0.6 is 15.9 Å². The van der Waals surface area contributed by atoms with Crippen molar-refractivity contribution < 1.29 is 9.47 Å². The van der Waals surface area contributed by atoms with E-state index in [-0.39, 0.29) is 23.3 Å². The summed E-state index contributed by atoms with van der Waals surface area (Å²) in [6.07, 6.45) is 6.28. The van der Waals surface area contributed by atoms with Gasteiger partial charge in [0.25, 0.3) is 5.56 Å². The lowest BCUT2D eigenvalue weighted by Crippen LogP contribution is -2.16. The van der Waals surface area contributed by atoms with Crippen LogP contribution in [0.4, 0.5) is 5.95 Å². The standard InChI is InChI=1S/C25H24BrN5O3/c1-2-33-21-12-17(20(26)13-22(21)34-18-10-6-7-11-18)15-28-31-25-29-23(16-8-4-3-5-9-16)19(14-27)24(32)30-25/h3-5,8-9,12-13,15,18H,2,6-7,10-11H2,1H3,(H2,29,30,31,32). The van der Waals surface area contributed by atoms with Crippen LogP contribution in [0.5, 0.6) is 11.5 Å². The van der Waals surface area contributed by atoms with E-state index in [0.29, 0.717) is 23.7 Å². The summed E-state index contributed by atoms with van der Waals surface area (Å²) in [6.45, 7) is 2.43. The minimum Gasteiger partial charge on any atom is -0.490 e. The first-order valence-electron chi connectivity index (χ1n) is 11.1. The molecule has 2 aromatic carbocycles. The van der Waals surface area contributed by atoms with Gasteiger partial charge in [0, 0.05) is 15.6 Å². The minimum atomic E-state index is -0.540. The fraction of sp³-hybridized carbons (Fsp3) is 0.280. The van der Waals surface area contributed by atoms with Crippen LogP contribution in [-0.4, -0.2) is 28.9 Å². The van der Waals surface area contributed by atoms with Crippen LogP contribution in [-0.2, 0) is 0 Å². The quantitative estimate of drug-likeness (QED) is 0.309. The molecule has 0 aliphatic heterocycles. The fourth-order valence-electron chi connectivity index (χ4n) is 3.79. The lowest BCUT2D eigenvalue weighted by Gasteiger charge is -2.17. The molecule has 174 valence electrons. The van der Waals surface area contributed by atoms with Gasteiger partial charge in [-0.25, -0.2) is 10.4 Å². The number of nitriles is 1. The molecular weight excluding hydrogens is 498 g/mol. The molecule has 2 N–H and O–H groups in total. The first kappa shape index (κ1) is 23.5. The number of halogens is 1. The molecule has 0 radical (unpaired) electrons. The zero-order valence-corrected chi connectivity index (χ0v) is 20.3. The molecule has 1 fully saturated rings. The number of hydrogen-bond acceptors (Lipinski definition) is 7. The van der Waals surface area contributed by atoms with Crippen molar-refractivity contribution in [1.82, 2.24) is 9.97 Å². The predicted octanol–water partition coefficient (Wildman–Crippen LogP) is 5.24. The smallest absolute Gasteiger partial charge is 0.270 e. The van der Waals surface area contributed by atoms with Crippen molar-refractivity contribution in [3.8, 4) is 28.8 Å². The van der Waals surface area contributed by atoms with E-state index in [0.717, 1.165) is 22.9 Å². The summed E-state index contributed by atoms with van der Waals surface area (Å²) in [6, 6.07) is 14.7. The summed E-state index contributed by atoms with van der Waals surface area (Å²) >= 11 is 3.58. The van der Waals surface area contributed by atoms with Gasteiger partial charge in [-0.1, -0.05) is 30.3 Å². The van der Waals surface area contributed by atoms with Gasteiger partial charge in [-0.05, 0) is 60.7 Å². The number of anilines is 1. The van der Waals surface area contributed by atoms with Gasteiger partial charge in [0.05, 0.1) is 24.6 Å². The molecular formula is C25H24BrN5O3. The maximum atomic E-state index is 12.4. The van der Waals surface area contributed by atoms with E-state index in [2.05, 4.69) is 36.4 Å². The highest BCUT2D eigenvalue weighted by Gasteiger charge is 2.19. The van der Waals surface area contributed by atoms with Crippen LogP contribution < -0.4 is 20.5 Å². The van der Waals surface area contributed by atoms with Crippen molar-refractivity contribution in [3.05, 3.63) is 68.4 Å². The topological polar surface area (TPSA) is 112 Å². The second-order valence-corrected chi connectivity index (χ2v) is 8.62. The Balaban J connectivity index is 1.57. The monoisotopic (exact) mass is 521 g/mol. The zero-order chi connectivity index (χ0) is 23.9. The summed E-state index contributed by atoms with van der Waals surface area (Å²) in [4.78, 5) is 19.3. The SMILES string of the molecule is CCOc1cc(C=NNc2nc(-c3ccccc3)c(C#N)c(=O)[nH]2)c(Br)cc1OC1CCCC1. The summed E-state index contributed by atoms with van der Waals surface area (Å²) in [5.74, 6) is 1.48. The maximum Gasteiger partial charge on any atom is 0.270 e. The lowest BCUT2D eigenvalue weighted by atomic mass is 10.1. The Morgan fingerprint density at radius 1 is 1.26 bits per heavy atom. The Morgan fingerprint density at radius 2 is 2.03 bits per heavy atom. The molecule has 0 atom stereocenters. The molecule has 0 bridgehead atoms. The third-order valence-electron chi connectivity index (χ3n) is 5.41. The molecule has 9 heteroatoms. The molecule has 0 amide bonds. The molecule has 0 unspecified atom stereocenters. The maximum absolute atomic E-state index is 12.4.